The molecule has 3 nitrogen and oxygen atoms in total. The third-order valence-corrected chi connectivity index (χ3v) is 4.62. The average molecular weight is 290 g/mol. The minimum absolute atomic E-state index is 0.400. The molecule has 2 unspecified atom stereocenters. The van der Waals surface area contributed by atoms with Crippen molar-refractivity contribution in [1.82, 2.24) is 4.90 Å². The Morgan fingerprint density at radius 2 is 2.14 bits per heavy atom. The molecule has 1 heterocycles. The number of nitrogens with two attached hydrogens (primary N) is 1. The Labute approximate surface area is 129 Å². The zero-order chi connectivity index (χ0) is 15.2. The number of rotatable bonds is 6. The quantitative estimate of drug-likeness (QED) is 0.818. The summed E-state index contributed by atoms with van der Waals surface area (Å²) in [5.41, 5.74) is 8.64. The molecule has 118 valence electrons. The molecular formula is C18H30N2O. The molecule has 1 aliphatic rings. The first-order chi connectivity index (χ1) is 10.1. The lowest BCUT2D eigenvalue weighted by atomic mass is 9.91. The Bertz CT molecular complexity index is 447. The highest BCUT2D eigenvalue weighted by Gasteiger charge is 2.24. The van der Waals surface area contributed by atoms with E-state index < -0.39 is 0 Å². The molecule has 0 radical (unpaired) electrons. The van der Waals surface area contributed by atoms with Crippen LogP contribution in [0.2, 0.25) is 0 Å². The number of likely N-dealkylation sites (tertiary alicyclic amines) is 1. The van der Waals surface area contributed by atoms with E-state index >= 15 is 0 Å². The van der Waals surface area contributed by atoms with Gasteiger partial charge >= 0.3 is 0 Å². The first-order valence-electron chi connectivity index (χ1n) is 8.28. The van der Waals surface area contributed by atoms with Crippen LogP contribution in [0.4, 0.5) is 0 Å². The van der Waals surface area contributed by atoms with Gasteiger partial charge in [-0.2, -0.15) is 0 Å². The minimum atomic E-state index is 0.400. The van der Waals surface area contributed by atoms with E-state index in [-0.39, 0.29) is 0 Å². The normalized spacial score (nSPS) is 23.2. The van der Waals surface area contributed by atoms with Crippen LogP contribution in [0.3, 0.4) is 0 Å². The van der Waals surface area contributed by atoms with Gasteiger partial charge < -0.3 is 15.4 Å². The van der Waals surface area contributed by atoms with E-state index in [4.69, 9.17) is 10.5 Å². The molecular weight excluding hydrogens is 260 g/mol. The highest BCUT2D eigenvalue weighted by Crippen LogP contribution is 2.20. The fraction of sp³-hybridized carbons (Fsp3) is 0.667. The van der Waals surface area contributed by atoms with Crippen LogP contribution >= 0.6 is 0 Å². The van der Waals surface area contributed by atoms with E-state index in [0.29, 0.717) is 12.0 Å². The summed E-state index contributed by atoms with van der Waals surface area (Å²) in [6.45, 7) is 10.7. The smallest absolute Gasteiger partial charge is 0.122 e. The van der Waals surface area contributed by atoms with Crippen LogP contribution in [0.15, 0.2) is 18.2 Å². The molecule has 2 rings (SSSR count). The molecule has 2 N–H and O–H groups in total. The number of benzene rings is 1. The van der Waals surface area contributed by atoms with Gasteiger partial charge in [-0.25, -0.2) is 0 Å². The molecule has 0 aliphatic carbocycles. The van der Waals surface area contributed by atoms with Crippen molar-refractivity contribution in [1.29, 1.82) is 0 Å². The second-order valence-electron chi connectivity index (χ2n) is 6.39. The van der Waals surface area contributed by atoms with Crippen molar-refractivity contribution in [2.24, 2.45) is 11.7 Å². The topological polar surface area (TPSA) is 38.5 Å². The Morgan fingerprint density at radius 3 is 2.90 bits per heavy atom. The second-order valence-corrected chi connectivity index (χ2v) is 6.39. The van der Waals surface area contributed by atoms with Gasteiger partial charge in [0.25, 0.3) is 0 Å². The SMILES string of the molecule is CCC1CN(CCCOc2cc(C)ccc2C)CCC1N. The van der Waals surface area contributed by atoms with Crippen molar-refractivity contribution in [3.8, 4) is 5.75 Å². The van der Waals surface area contributed by atoms with Crippen molar-refractivity contribution < 1.29 is 4.74 Å². The van der Waals surface area contributed by atoms with Gasteiger partial charge in [0, 0.05) is 19.1 Å². The van der Waals surface area contributed by atoms with Crippen LogP contribution in [0.1, 0.15) is 37.3 Å². The highest BCUT2D eigenvalue weighted by atomic mass is 16.5. The summed E-state index contributed by atoms with van der Waals surface area (Å²) in [6.07, 6.45) is 3.41. The lowest BCUT2D eigenvalue weighted by Crippen LogP contribution is -2.47. The van der Waals surface area contributed by atoms with Crippen LogP contribution < -0.4 is 10.5 Å². The van der Waals surface area contributed by atoms with Gasteiger partial charge in [-0.05, 0) is 56.3 Å². The van der Waals surface area contributed by atoms with Gasteiger partial charge in [0.2, 0.25) is 0 Å². The van der Waals surface area contributed by atoms with Crippen LogP contribution in [0.25, 0.3) is 0 Å². The Hall–Kier alpha value is -1.06. The summed E-state index contributed by atoms with van der Waals surface area (Å²) < 4.78 is 5.93. The number of hydrogen-bond acceptors (Lipinski definition) is 3. The molecule has 2 atom stereocenters. The average Bonchev–Trinajstić information content (AvgIpc) is 2.48. The maximum atomic E-state index is 6.16. The number of hydrogen-bond donors (Lipinski definition) is 1. The molecule has 0 amide bonds. The van der Waals surface area contributed by atoms with Crippen molar-refractivity contribution in [2.75, 3.05) is 26.2 Å². The Morgan fingerprint density at radius 1 is 1.33 bits per heavy atom. The molecule has 0 spiro atoms. The third-order valence-electron chi connectivity index (χ3n) is 4.62. The molecule has 1 saturated heterocycles. The van der Waals surface area contributed by atoms with Crippen LogP contribution in [0.5, 0.6) is 5.75 Å². The van der Waals surface area contributed by atoms with Crippen molar-refractivity contribution in [3.05, 3.63) is 29.3 Å². The van der Waals surface area contributed by atoms with Crippen LogP contribution in [0, 0.1) is 19.8 Å². The van der Waals surface area contributed by atoms with E-state index in [1.165, 1.54) is 17.5 Å². The molecule has 0 saturated carbocycles. The maximum Gasteiger partial charge on any atom is 0.122 e. The van der Waals surface area contributed by atoms with E-state index in [1.54, 1.807) is 0 Å². The van der Waals surface area contributed by atoms with Gasteiger partial charge in [-0.1, -0.05) is 25.5 Å². The monoisotopic (exact) mass is 290 g/mol. The zero-order valence-electron chi connectivity index (χ0n) is 13.8. The molecule has 1 fully saturated rings. The summed E-state index contributed by atoms with van der Waals surface area (Å²) in [5.74, 6) is 1.70. The van der Waals surface area contributed by atoms with E-state index in [1.807, 2.05) is 0 Å². The number of aryl methyl sites for hydroxylation is 2. The fourth-order valence-electron chi connectivity index (χ4n) is 3.09. The molecule has 1 aliphatic heterocycles. The Balaban J connectivity index is 1.71. The number of ether oxygens (including phenoxy) is 1. The zero-order valence-corrected chi connectivity index (χ0v) is 13.8. The van der Waals surface area contributed by atoms with Crippen LogP contribution in [-0.2, 0) is 0 Å². The second kappa shape index (κ2) is 7.81. The largest absolute Gasteiger partial charge is 0.493 e. The molecule has 1 aromatic carbocycles. The van der Waals surface area contributed by atoms with Crippen molar-refractivity contribution in [3.63, 3.8) is 0 Å². The fourth-order valence-corrected chi connectivity index (χ4v) is 3.09. The lowest BCUT2D eigenvalue weighted by molar-refractivity contribution is 0.142. The third kappa shape index (κ3) is 4.72. The maximum absolute atomic E-state index is 6.16. The first kappa shape index (κ1) is 16.3. The minimum Gasteiger partial charge on any atom is -0.493 e. The number of nitrogens with zero attached hydrogens (tertiary/aromatic N) is 1. The predicted molar refractivity (Wildman–Crippen MR) is 88.8 cm³/mol. The highest BCUT2D eigenvalue weighted by molar-refractivity contribution is 5.35. The van der Waals surface area contributed by atoms with E-state index in [2.05, 4.69) is 43.9 Å². The standard InChI is InChI=1S/C18H30N2O/c1-4-16-13-20(10-8-17(16)19)9-5-11-21-18-12-14(2)6-7-15(18)3/h6-7,12,16-17H,4-5,8-11,13,19H2,1-3H3. The molecule has 0 aromatic heterocycles. The first-order valence-corrected chi connectivity index (χ1v) is 8.28. The van der Waals surface area contributed by atoms with Gasteiger partial charge in [0.1, 0.15) is 5.75 Å². The van der Waals surface area contributed by atoms with Crippen molar-refractivity contribution in [2.45, 2.75) is 46.1 Å². The lowest BCUT2D eigenvalue weighted by Gasteiger charge is -2.36. The molecule has 3 heteroatoms. The van der Waals surface area contributed by atoms with Crippen LogP contribution in [-0.4, -0.2) is 37.2 Å². The molecule has 1 aromatic rings. The summed E-state index contributed by atoms with van der Waals surface area (Å²) in [4.78, 5) is 2.55. The van der Waals surface area contributed by atoms with Gasteiger partial charge in [-0.15, -0.1) is 0 Å². The molecule has 21 heavy (non-hydrogen) atoms. The van der Waals surface area contributed by atoms with Gasteiger partial charge in [0.05, 0.1) is 6.61 Å². The van der Waals surface area contributed by atoms with Crippen molar-refractivity contribution >= 4 is 0 Å². The van der Waals surface area contributed by atoms with E-state index in [0.717, 1.165) is 44.8 Å². The number of piperidine rings is 1. The summed E-state index contributed by atoms with van der Waals surface area (Å²) in [6, 6.07) is 6.78. The van der Waals surface area contributed by atoms with Gasteiger partial charge in [-0.3, -0.25) is 0 Å². The Kier molecular flexibility index (Phi) is 6.07. The molecule has 0 bridgehead atoms. The van der Waals surface area contributed by atoms with E-state index in [9.17, 15) is 0 Å². The summed E-state index contributed by atoms with van der Waals surface area (Å²) in [5, 5.41) is 0. The summed E-state index contributed by atoms with van der Waals surface area (Å²) >= 11 is 0. The predicted octanol–water partition coefficient (Wildman–Crippen LogP) is 3.13. The van der Waals surface area contributed by atoms with Gasteiger partial charge in [0.15, 0.2) is 0 Å². The summed E-state index contributed by atoms with van der Waals surface area (Å²) in [7, 11) is 0.